The number of fused-ring (bicyclic) bond motifs is 7. The normalized spacial score (nSPS) is 43.3. The number of amides is 2. The molecule has 0 aromatic heterocycles. The fourth-order valence-electron chi connectivity index (χ4n) is 12.5. The zero-order valence-corrected chi connectivity index (χ0v) is 29.0. The van der Waals surface area contributed by atoms with E-state index in [0.29, 0.717) is 62.6 Å². The lowest BCUT2D eigenvalue weighted by molar-refractivity contribution is -0.246. The molecule has 5 saturated carbocycles. The maximum absolute atomic E-state index is 14.2. The maximum Gasteiger partial charge on any atom is 0.404 e. The van der Waals surface area contributed by atoms with E-state index < -0.39 is 6.09 Å². The lowest BCUT2D eigenvalue weighted by Crippen LogP contribution is -2.67. The number of nitrogens with one attached hydrogen (secondary N) is 2. The quantitative estimate of drug-likeness (QED) is 0.155. The van der Waals surface area contributed by atoms with Crippen LogP contribution >= 0.6 is 0 Å². The van der Waals surface area contributed by atoms with Crippen LogP contribution in [0.25, 0.3) is 0 Å². The lowest BCUT2D eigenvalue weighted by Gasteiger charge is -2.72. The van der Waals surface area contributed by atoms with Crippen molar-refractivity contribution >= 4 is 12.0 Å². The number of carbonyl (C=O) groups excluding carboxylic acids is 1. The van der Waals surface area contributed by atoms with Crippen molar-refractivity contribution in [2.75, 3.05) is 39.5 Å². The second kappa shape index (κ2) is 12.8. The highest BCUT2D eigenvalue weighted by molar-refractivity contribution is 5.84. The van der Waals surface area contributed by atoms with Crippen molar-refractivity contribution in [1.82, 2.24) is 10.6 Å². The standard InChI is InChI=1S/C37H62N2O6/c1-24(2)25-10-15-37(31(41)38-18-20-44-22-23-45-21-19-39-32(42)43)17-16-35(6)26(30(25)37)8-9-28-34(5)13-12-29(40)33(3,4)27(34)11-14-36(28,35)7/h25-30,39-40H,1,8-23H2,2-7H3,(H,38,41)(H,42,43)/t25-,26+,27-,28+,29-,30+,34-,35+,36+,37-/m0/s1. The van der Waals surface area contributed by atoms with E-state index in [1.165, 1.54) is 31.3 Å². The fourth-order valence-corrected chi connectivity index (χ4v) is 12.5. The average molecular weight is 631 g/mol. The lowest BCUT2D eigenvalue weighted by atomic mass is 9.32. The Morgan fingerprint density at radius 1 is 0.778 bits per heavy atom. The second-order valence-electron chi connectivity index (χ2n) is 16.9. The van der Waals surface area contributed by atoms with E-state index in [2.05, 4.69) is 58.8 Å². The predicted octanol–water partition coefficient (Wildman–Crippen LogP) is 6.42. The summed E-state index contributed by atoms with van der Waals surface area (Å²) in [6.45, 7) is 21.4. The van der Waals surface area contributed by atoms with Gasteiger partial charge in [0.1, 0.15) is 0 Å². The van der Waals surface area contributed by atoms with E-state index in [-0.39, 0.29) is 45.6 Å². The summed E-state index contributed by atoms with van der Waals surface area (Å²) in [5, 5.41) is 25.2. The highest BCUT2D eigenvalue weighted by Crippen LogP contribution is 2.77. The Labute approximate surface area is 271 Å². The van der Waals surface area contributed by atoms with Gasteiger partial charge in [0.2, 0.25) is 5.91 Å². The zero-order chi connectivity index (χ0) is 32.8. The van der Waals surface area contributed by atoms with Gasteiger partial charge in [-0.2, -0.15) is 0 Å². The van der Waals surface area contributed by atoms with E-state index in [4.69, 9.17) is 14.6 Å². The molecule has 45 heavy (non-hydrogen) atoms. The summed E-state index contributed by atoms with van der Waals surface area (Å²) in [5.41, 5.74) is 1.52. The third kappa shape index (κ3) is 5.67. The summed E-state index contributed by atoms with van der Waals surface area (Å²) >= 11 is 0. The van der Waals surface area contributed by atoms with Crippen LogP contribution in [-0.4, -0.2) is 67.8 Å². The van der Waals surface area contributed by atoms with Gasteiger partial charge in [0.05, 0.1) is 37.9 Å². The molecule has 2 amide bonds. The van der Waals surface area contributed by atoms with E-state index in [9.17, 15) is 14.7 Å². The van der Waals surface area contributed by atoms with Crippen molar-refractivity contribution < 1.29 is 29.3 Å². The van der Waals surface area contributed by atoms with Gasteiger partial charge in [-0.05, 0) is 122 Å². The number of allylic oxidation sites excluding steroid dienone is 1. The Morgan fingerprint density at radius 2 is 1.44 bits per heavy atom. The molecule has 256 valence electrons. The molecule has 5 rings (SSSR count). The Balaban J connectivity index is 1.27. The first-order valence-electron chi connectivity index (χ1n) is 17.9. The van der Waals surface area contributed by atoms with Crippen molar-refractivity contribution in [3.63, 3.8) is 0 Å². The third-order valence-electron chi connectivity index (χ3n) is 14.9. The SMILES string of the molecule is C=C(C)[C@@H]1CC[C@]2(C(=O)NCCOCCOCCNC(=O)O)CC[C@]3(C)[C@H](CC[C@@H]4[C@@]5(C)CC[C@H](O)C(C)(C)[C@@H]5CC[C@]43C)[C@@H]12. The van der Waals surface area contributed by atoms with Gasteiger partial charge in [-0.1, -0.05) is 46.8 Å². The summed E-state index contributed by atoms with van der Waals surface area (Å²) in [6, 6.07) is 0. The molecule has 8 heteroatoms. The third-order valence-corrected chi connectivity index (χ3v) is 14.9. The number of carbonyl (C=O) groups is 2. The van der Waals surface area contributed by atoms with E-state index >= 15 is 0 Å². The van der Waals surface area contributed by atoms with Gasteiger partial charge < -0.3 is 30.3 Å². The molecule has 0 aromatic rings. The first-order chi connectivity index (χ1) is 21.1. The summed E-state index contributed by atoms with van der Waals surface area (Å²) in [7, 11) is 0. The van der Waals surface area contributed by atoms with Crippen LogP contribution in [0.3, 0.4) is 0 Å². The second-order valence-corrected chi connectivity index (χ2v) is 16.9. The Hall–Kier alpha value is -1.64. The summed E-state index contributed by atoms with van der Waals surface area (Å²) in [6.07, 6.45) is 9.67. The molecular weight excluding hydrogens is 568 g/mol. The predicted molar refractivity (Wildman–Crippen MR) is 176 cm³/mol. The van der Waals surface area contributed by atoms with Crippen molar-refractivity contribution in [3.8, 4) is 0 Å². The van der Waals surface area contributed by atoms with Crippen LogP contribution in [0.2, 0.25) is 0 Å². The van der Waals surface area contributed by atoms with Crippen LogP contribution in [0.5, 0.6) is 0 Å². The number of aliphatic hydroxyl groups excluding tert-OH is 1. The van der Waals surface area contributed by atoms with Gasteiger partial charge in [0, 0.05) is 13.1 Å². The van der Waals surface area contributed by atoms with E-state index in [1.54, 1.807) is 0 Å². The number of ether oxygens (including phenoxy) is 2. The van der Waals surface area contributed by atoms with Crippen LogP contribution < -0.4 is 10.6 Å². The van der Waals surface area contributed by atoms with Gasteiger partial charge in [-0.3, -0.25) is 4.79 Å². The van der Waals surface area contributed by atoms with E-state index in [0.717, 1.165) is 38.5 Å². The monoisotopic (exact) mass is 630 g/mol. The highest BCUT2D eigenvalue weighted by Gasteiger charge is 2.71. The minimum Gasteiger partial charge on any atom is -0.465 e. The number of carboxylic acid groups (broad SMARTS) is 1. The van der Waals surface area contributed by atoms with Crippen LogP contribution in [0.4, 0.5) is 4.79 Å². The van der Waals surface area contributed by atoms with Gasteiger partial charge in [-0.15, -0.1) is 0 Å². The Bertz CT molecular complexity index is 1130. The average Bonchev–Trinajstić information content (AvgIpc) is 3.38. The molecule has 0 saturated heterocycles. The largest absolute Gasteiger partial charge is 0.465 e. The zero-order valence-electron chi connectivity index (χ0n) is 29.0. The maximum atomic E-state index is 14.2. The molecule has 5 fully saturated rings. The van der Waals surface area contributed by atoms with Crippen molar-refractivity contribution in [2.45, 2.75) is 112 Å². The van der Waals surface area contributed by atoms with Gasteiger partial charge >= 0.3 is 6.09 Å². The molecule has 5 aliphatic carbocycles. The van der Waals surface area contributed by atoms with E-state index in [1.807, 2.05) is 0 Å². The van der Waals surface area contributed by atoms with Gasteiger partial charge in [-0.25, -0.2) is 4.79 Å². The van der Waals surface area contributed by atoms with Crippen molar-refractivity contribution in [2.24, 2.45) is 56.7 Å². The molecule has 0 bridgehead atoms. The van der Waals surface area contributed by atoms with Crippen LogP contribution in [-0.2, 0) is 14.3 Å². The molecule has 0 aromatic carbocycles. The summed E-state index contributed by atoms with van der Waals surface area (Å²) in [5.74, 6) is 2.64. The smallest absolute Gasteiger partial charge is 0.404 e. The molecular formula is C37H62N2O6. The number of hydrogen-bond donors (Lipinski definition) is 4. The minimum absolute atomic E-state index is 0.0431. The van der Waals surface area contributed by atoms with Crippen LogP contribution in [0.15, 0.2) is 12.2 Å². The number of hydrogen-bond acceptors (Lipinski definition) is 5. The first-order valence-corrected chi connectivity index (χ1v) is 17.9. The van der Waals surface area contributed by atoms with Crippen molar-refractivity contribution in [1.29, 1.82) is 0 Å². The molecule has 10 atom stereocenters. The molecule has 0 heterocycles. The molecule has 5 aliphatic rings. The summed E-state index contributed by atoms with van der Waals surface area (Å²) in [4.78, 5) is 24.7. The molecule has 0 unspecified atom stereocenters. The van der Waals surface area contributed by atoms with Crippen molar-refractivity contribution in [3.05, 3.63) is 12.2 Å². The number of aliphatic hydroxyl groups is 1. The van der Waals surface area contributed by atoms with Crippen LogP contribution in [0.1, 0.15) is 106 Å². The number of rotatable bonds is 11. The molecule has 0 radical (unpaired) electrons. The topological polar surface area (TPSA) is 117 Å². The van der Waals surface area contributed by atoms with Crippen LogP contribution in [0, 0.1) is 56.7 Å². The first kappa shape index (κ1) is 34.7. The summed E-state index contributed by atoms with van der Waals surface area (Å²) < 4.78 is 11.1. The minimum atomic E-state index is -1.06. The Morgan fingerprint density at radius 3 is 2.09 bits per heavy atom. The fraction of sp³-hybridized carbons (Fsp3) is 0.892. The van der Waals surface area contributed by atoms with Gasteiger partial charge in [0.15, 0.2) is 0 Å². The molecule has 8 nitrogen and oxygen atoms in total. The molecule has 0 spiro atoms. The van der Waals surface area contributed by atoms with Gasteiger partial charge in [0.25, 0.3) is 0 Å². The highest BCUT2D eigenvalue weighted by atomic mass is 16.5. The Kier molecular flexibility index (Phi) is 9.84. The molecule has 4 N–H and O–H groups in total. The molecule has 0 aliphatic heterocycles.